The minimum absolute atomic E-state index is 0.106. The third-order valence-electron chi connectivity index (χ3n) is 3.92. The molecule has 3 aromatic rings. The fourth-order valence-corrected chi connectivity index (χ4v) is 4.11. The summed E-state index contributed by atoms with van der Waals surface area (Å²) in [5, 5.41) is 8.16. The Morgan fingerprint density at radius 1 is 1.12 bits per heavy atom. The predicted molar refractivity (Wildman–Crippen MR) is 97.3 cm³/mol. The third kappa shape index (κ3) is 4.09. The van der Waals surface area contributed by atoms with Gasteiger partial charge in [0, 0.05) is 0 Å². The van der Waals surface area contributed by atoms with Gasteiger partial charge in [0.25, 0.3) is 0 Å². The van der Waals surface area contributed by atoms with Crippen LogP contribution in [0.25, 0.3) is 0 Å². The molecule has 1 atom stereocenters. The van der Waals surface area contributed by atoms with E-state index in [1.54, 1.807) is 30.6 Å². The first-order valence-corrected chi connectivity index (χ1v) is 9.54. The van der Waals surface area contributed by atoms with E-state index in [0.29, 0.717) is 5.75 Å². The zero-order chi connectivity index (χ0) is 18.6. The van der Waals surface area contributed by atoms with Gasteiger partial charge in [-0.05, 0) is 30.2 Å². The van der Waals surface area contributed by atoms with Gasteiger partial charge < -0.3 is 4.74 Å². The molecular weight excluding hydrogens is 352 g/mol. The Kier molecular flexibility index (Phi) is 5.34. The molecular formula is C18H20N4O3S. The molecule has 0 aliphatic heterocycles. The topological polar surface area (TPSA) is 86.1 Å². The summed E-state index contributed by atoms with van der Waals surface area (Å²) < 4.78 is 34.1. The Balaban J connectivity index is 1.96. The molecule has 0 saturated heterocycles. The van der Waals surface area contributed by atoms with E-state index in [0.717, 1.165) is 11.1 Å². The van der Waals surface area contributed by atoms with Crippen LogP contribution in [0.2, 0.25) is 0 Å². The minimum Gasteiger partial charge on any atom is -0.495 e. The Morgan fingerprint density at radius 3 is 2.46 bits per heavy atom. The molecule has 136 valence electrons. The second kappa shape index (κ2) is 7.67. The Bertz CT molecular complexity index is 957. The maximum absolute atomic E-state index is 13.0. The lowest BCUT2D eigenvalue weighted by Gasteiger charge is -2.20. The van der Waals surface area contributed by atoms with Gasteiger partial charge in [-0.25, -0.2) is 13.1 Å². The van der Waals surface area contributed by atoms with Crippen molar-refractivity contribution in [1.29, 1.82) is 0 Å². The van der Waals surface area contributed by atoms with E-state index in [4.69, 9.17) is 4.74 Å². The summed E-state index contributed by atoms with van der Waals surface area (Å²) in [6.45, 7) is 2.10. The SMILES string of the molecule is COc1ccc(C)cc1S(=O)(=O)NC(Cn1nccn1)c1ccccc1. The Morgan fingerprint density at radius 2 is 1.81 bits per heavy atom. The summed E-state index contributed by atoms with van der Waals surface area (Å²) in [5.74, 6) is 0.298. The number of ether oxygens (including phenoxy) is 1. The molecule has 0 bridgehead atoms. The molecule has 0 amide bonds. The predicted octanol–water partition coefficient (Wildman–Crippen LogP) is 2.31. The van der Waals surface area contributed by atoms with E-state index in [1.165, 1.54) is 11.9 Å². The van der Waals surface area contributed by atoms with Gasteiger partial charge in [0.2, 0.25) is 10.0 Å². The lowest BCUT2D eigenvalue weighted by molar-refractivity contribution is 0.400. The molecule has 1 heterocycles. The van der Waals surface area contributed by atoms with E-state index in [1.807, 2.05) is 37.3 Å². The number of nitrogens with one attached hydrogen (secondary N) is 1. The highest BCUT2D eigenvalue weighted by atomic mass is 32.2. The van der Waals surface area contributed by atoms with Crippen LogP contribution in [-0.2, 0) is 16.6 Å². The van der Waals surface area contributed by atoms with Crippen molar-refractivity contribution in [3.05, 3.63) is 72.1 Å². The molecule has 2 aromatic carbocycles. The molecule has 3 rings (SSSR count). The van der Waals surface area contributed by atoms with Crippen molar-refractivity contribution in [2.45, 2.75) is 24.4 Å². The quantitative estimate of drug-likeness (QED) is 0.688. The average Bonchev–Trinajstić information content (AvgIpc) is 3.15. The number of rotatable bonds is 7. The number of benzene rings is 2. The highest BCUT2D eigenvalue weighted by molar-refractivity contribution is 7.89. The van der Waals surface area contributed by atoms with E-state index in [9.17, 15) is 8.42 Å². The first-order valence-electron chi connectivity index (χ1n) is 8.05. The lowest BCUT2D eigenvalue weighted by atomic mass is 10.1. The largest absolute Gasteiger partial charge is 0.495 e. The average molecular weight is 372 g/mol. The molecule has 0 aliphatic rings. The summed E-state index contributed by atoms with van der Waals surface area (Å²) in [6, 6.07) is 13.9. The Labute approximate surface area is 152 Å². The van der Waals surface area contributed by atoms with Gasteiger partial charge in [0.15, 0.2) is 0 Å². The minimum atomic E-state index is -3.82. The molecule has 1 aromatic heterocycles. The van der Waals surface area contributed by atoms with Gasteiger partial charge in [0.1, 0.15) is 10.6 Å². The molecule has 0 spiro atoms. The number of sulfonamides is 1. The maximum atomic E-state index is 13.0. The van der Waals surface area contributed by atoms with Gasteiger partial charge in [-0.1, -0.05) is 36.4 Å². The van der Waals surface area contributed by atoms with Gasteiger partial charge >= 0.3 is 0 Å². The standard InChI is InChI=1S/C18H20N4O3S/c1-14-8-9-17(25-2)18(12-14)26(23,24)21-16(13-22-19-10-11-20-22)15-6-4-3-5-7-15/h3-12,16,21H,13H2,1-2H3. The van der Waals surface area contributed by atoms with Gasteiger partial charge in [-0.2, -0.15) is 15.0 Å². The number of hydrogen-bond donors (Lipinski definition) is 1. The van der Waals surface area contributed by atoms with Crippen LogP contribution >= 0.6 is 0 Å². The van der Waals surface area contributed by atoms with Crippen molar-refractivity contribution in [1.82, 2.24) is 19.7 Å². The van der Waals surface area contributed by atoms with Gasteiger partial charge in [0.05, 0.1) is 32.1 Å². The third-order valence-corrected chi connectivity index (χ3v) is 5.41. The van der Waals surface area contributed by atoms with E-state index >= 15 is 0 Å². The number of methoxy groups -OCH3 is 1. The molecule has 0 aliphatic carbocycles. The van der Waals surface area contributed by atoms with Crippen LogP contribution in [0.3, 0.4) is 0 Å². The molecule has 7 nitrogen and oxygen atoms in total. The fourth-order valence-electron chi connectivity index (χ4n) is 2.64. The second-order valence-electron chi connectivity index (χ2n) is 5.82. The van der Waals surface area contributed by atoms with Crippen LogP contribution in [0.4, 0.5) is 0 Å². The number of aromatic nitrogens is 3. The molecule has 0 fully saturated rings. The van der Waals surface area contributed by atoms with Crippen LogP contribution in [0.15, 0.2) is 65.8 Å². The van der Waals surface area contributed by atoms with Crippen molar-refractivity contribution in [2.24, 2.45) is 0 Å². The van der Waals surface area contributed by atoms with E-state index < -0.39 is 16.1 Å². The first kappa shape index (κ1) is 18.1. The number of nitrogens with zero attached hydrogens (tertiary/aromatic N) is 3. The summed E-state index contributed by atoms with van der Waals surface area (Å²) in [4.78, 5) is 1.56. The number of aryl methyl sites for hydroxylation is 1. The van der Waals surface area contributed by atoms with Crippen LogP contribution in [0, 0.1) is 6.92 Å². The molecule has 0 radical (unpaired) electrons. The van der Waals surface area contributed by atoms with E-state index in [2.05, 4.69) is 14.9 Å². The summed E-state index contributed by atoms with van der Waals surface area (Å²) in [7, 11) is -2.37. The van der Waals surface area contributed by atoms with Crippen molar-refractivity contribution < 1.29 is 13.2 Å². The lowest BCUT2D eigenvalue weighted by Crippen LogP contribution is -2.32. The van der Waals surface area contributed by atoms with Crippen molar-refractivity contribution in [2.75, 3.05) is 7.11 Å². The second-order valence-corrected chi connectivity index (χ2v) is 7.51. The van der Waals surface area contributed by atoms with Crippen LogP contribution < -0.4 is 9.46 Å². The van der Waals surface area contributed by atoms with Crippen molar-refractivity contribution >= 4 is 10.0 Å². The molecule has 0 saturated carbocycles. The van der Waals surface area contributed by atoms with Crippen LogP contribution in [-0.4, -0.2) is 30.5 Å². The smallest absolute Gasteiger partial charge is 0.244 e. The van der Waals surface area contributed by atoms with Crippen molar-refractivity contribution in [3.8, 4) is 5.75 Å². The number of hydrogen-bond acceptors (Lipinski definition) is 5. The Hall–Kier alpha value is -2.71. The van der Waals surface area contributed by atoms with Gasteiger partial charge in [-0.3, -0.25) is 0 Å². The summed E-state index contributed by atoms with van der Waals surface area (Å²) in [5.41, 5.74) is 1.65. The molecule has 1 N–H and O–H groups in total. The highest BCUT2D eigenvalue weighted by Crippen LogP contribution is 2.27. The molecule has 8 heteroatoms. The molecule has 26 heavy (non-hydrogen) atoms. The first-order chi connectivity index (χ1) is 12.5. The zero-order valence-corrected chi connectivity index (χ0v) is 15.3. The molecule has 1 unspecified atom stereocenters. The summed E-state index contributed by atoms with van der Waals surface area (Å²) in [6.07, 6.45) is 3.11. The zero-order valence-electron chi connectivity index (χ0n) is 14.5. The summed E-state index contributed by atoms with van der Waals surface area (Å²) >= 11 is 0. The fraction of sp³-hybridized carbons (Fsp3) is 0.222. The van der Waals surface area contributed by atoms with E-state index in [-0.39, 0.29) is 11.4 Å². The highest BCUT2D eigenvalue weighted by Gasteiger charge is 2.25. The van der Waals surface area contributed by atoms with Crippen LogP contribution in [0.1, 0.15) is 17.2 Å². The normalized spacial score (nSPS) is 12.7. The maximum Gasteiger partial charge on any atom is 0.244 e. The van der Waals surface area contributed by atoms with Crippen molar-refractivity contribution in [3.63, 3.8) is 0 Å². The monoisotopic (exact) mass is 372 g/mol. The van der Waals surface area contributed by atoms with Crippen LogP contribution in [0.5, 0.6) is 5.75 Å². The van der Waals surface area contributed by atoms with Gasteiger partial charge in [-0.15, -0.1) is 0 Å².